The van der Waals surface area contributed by atoms with Gasteiger partial charge in [-0.1, -0.05) is 24.3 Å². The third kappa shape index (κ3) is 5.57. The van der Waals surface area contributed by atoms with E-state index in [-0.39, 0.29) is 23.4 Å². The largest absolute Gasteiger partial charge is 0.348 e. The first-order valence-electron chi connectivity index (χ1n) is 8.64. The lowest BCUT2D eigenvalue weighted by molar-refractivity contribution is 0.0950. The zero-order valence-corrected chi connectivity index (χ0v) is 16.2. The van der Waals surface area contributed by atoms with Crippen molar-refractivity contribution in [1.29, 1.82) is 0 Å². The summed E-state index contributed by atoms with van der Waals surface area (Å²) < 4.78 is 66.6. The molecule has 0 saturated heterocycles. The zero-order chi connectivity index (χ0) is 21.7. The van der Waals surface area contributed by atoms with Crippen LogP contribution in [0.2, 0.25) is 0 Å². The number of anilines is 1. The summed E-state index contributed by atoms with van der Waals surface area (Å²) in [6, 6.07) is 10.3. The van der Waals surface area contributed by atoms with Gasteiger partial charge in [0, 0.05) is 18.2 Å². The number of nitrogens with one attached hydrogen (secondary N) is 2. The van der Waals surface area contributed by atoms with E-state index in [0.717, 1.165) is 30.6 Å². The fraction of sp³-hybridized carbons (Fsp3) is 0.100. The molecular weight excluding hydrogens is 419 g/mol. The van der Waals surface area contributed by atoms with Gasteiger partial charge >= 0.3 is 0 Å². The Bertz CT molecular complexity index is 1190. The Balaban J connectivity index is 1.73. The van der Waals surface area contributed by atoms with Crippen LogP contribution in [0.15, 0.2) is 60.9 Å². The van der Waals surface area contributed by atoms with Gasteiger partial charge in [-0.15, -0.1) is 0 Å². The number of nitrogens with zero attached hydrogens (tertiary/aromatic N) is 1. The van der Waals surface area contributed by atoms with E-state index in [9.17, 15) is 26.4 Å². The maximum Gasteiger partial charge on any atom is 0.251 e. The molecule has 1 aromatic heterocycles. The molecular formula is C20H16F3N3O3S. The lowest BCUT2D eigenvalue weighted by Crippen LogP contribution is -2.25. The quantitative estimate of drug-likeness (QED) is 0.596. The van der Waals surface area contributed by atoms with Crippen molar-refractivity contribution in [3.05, 3.63) is 95.1 Å². The van der Waals surface area contributed by atoms with Crippen molar-refractivity contribution in [2.45, 2.75) is 12.3 Å². The van der Waals surface area contributed by atoms with Crippen LogP contribution in [0.4, 0.5) is 18.9 Å². The summed E-state index contributed by atoms with van der Waals surface area (Å²) >= 11 is 0. The van der Waals surface area contributed by atoms with E-state index in [0.29, 0.717) is 5.56 Å². The Morgan fingerprint density at radius 1 is 0.967 bits per heavy atom. The van der Waals surface area contributed by atoms with Crippen LogP contribution in [0.1, 0.15) is 21.5 Å². The average Bonchev–Trinajstić information content (AvgIpc) is 2.68. The number of carbonyl (C=O) groups excluding carboxylic acids is 1. The van der Waals surface area contributed by atoms with Crippen molar-refractivity contribution in [2.24, 2.45) is 0 Å². The highest BCUT2D eigenvalue weighted by atomic mass is 32.2. The molecule has 10 heteroatoms. The van der Waals surface area contributed by atoms with Crippen LogP contribution in [-0.4, -0.2) is 19.3 Å². The molecule has 3 rings (SSSR count). The van der Waals surface area contributed by atoms with E-state index in [4.69, 9.17) is 0 Å². The minimum atomic E-state index is -3.97. The fourth-order valence-electron chi connectivity index (χ4n) is 2.68. The van der Waals surface area contributed by atoms with Gasteiger partial charge in [0.15, 0.2) is 11.6 Å². The molecule has 0 fully saturated rings. The normalized spacial score (nSPS) is 11.2. The van der Waals surface area contributed by atoms with E-state index >= 15 is 0 Å². The summed E-state index contributed by atoms with van der Waals surface area (Å²) in [6.45, 7) is -0.0790. The Kier molecular flexibility index (Phi) is 6.36. The average molecular weight is 435 g/mol. The Labute approximate surface area is 170 Å². The molecule has 0 bridgehead atoms. The number of halogens is 3. The number of sulfonamides is 1. The van der Waals surface area contributed by atoms with Gasteiger partial charge in [-0.05, 0) is 29.3 Å². The first-order valence-corrected chi connectivity index (χ1v) is 10.3. The highest BCUT2D eigenvalue weighted by Crippen LogP contribution is 2.16. The Morgan fingerprint density at radius 3 is 2.47 bits per heavy atom. The lowest BCUT2D eigenvalue weighted by Gasteiger charge is -2.12. The standard InChI is InChI=1S/C20H16F3N3O3S/c21-15-8-16(11-24-10-15)26-30(28,29)12-14-3-1-2-4-17(14)20(27)25-9-13-5-6-18(22)19(23)7-13/h1-8,10-11,26H,9,12H2,(H,25,27). The summed E-state index contributed by atoms with van der Waals surface area (Å²) in [7, 11) is -3.97. The SMILES string of the molecule is O=C(NCc1ccc(F)c(F)c1)c1ccccc1CS(=O)(=O)Nc1cncc(F)c1. The van der Waals surface area contributed by atoms with Crippen LogP contribution in [0.3, 0.4) is 0 Å². The first kappa shape index (κ1) is 21.3. The van der Waals surface area contributed by atoms with Gasteiger partial charge < -0.3 is 5.32 Å². The molecule has 1 heterocycles. The number of hydrogen-bond donors (Lipinski definition) is 2. The van der Waals surface area contributed by atoms with Crippen molar-refractivity contribution in [3.63, 3.8) is 0 Å². The van der Waals surface area contributed by atoms with E-state index < -0.39 is 39.1 Å². The predicted molar refractivity (Wildman–Crippen MR) is 104 cm³/mol. The van der Waals surface area contributed by atoms with Crippen LogP contribution in [-0.2, 0) is 22.3 Å². The molecule has 0 radical (unpaired) electrons. The number of aromatic nitrogens is 1. The van der Waals surface area contributed by atoms with Crippen LogP contribution in [0.25, 0.3) is 0 Å². The lowest BCUT2D eigenvalue weighted by atomic mass is 10.1. The van der Waals surface area contributed by atoms with E-state index in [2.05, 4.69) is 15.0 Å². The highest BCUT2D eigenvalue weighted by Gasteiger charge is 2.18. The van der Waals surface area contributed by atoms with Crippen molar-refractivity contribution in [2.75, 3.05) is 4.72 Å². The van der Waals surface area contributed by atoms with E-state index in [1.165, 1.54) is 18.2 Å². The molecule has 2 aromatic carbocycles. The smallest absolute Gasteiger partial charge is 0.251 e. The molecule has 2 N–H and O–H groups in total. The molecule has 6 nitrogen and oxygen atoms in total. The topological polar surface area (TPSA) is 88.2 Å². The number of rotatable bonds is 7. The molecule has 0 spiro atoms. The van der Waals surface area contributed by atoms with Gasteiger partial charge in [-0.25, -0.2) is 21.6 Å². The second kappa shape index (κ2) is 8.95. The van der Waals surface area contributed by atoms with Gasteiger partial charge in [0.25, 0.3) is 5.91 Å². The molecule has 0 saturated carbocycles. The maximum absolute atomic E-state index is 13.3. The monoisotopic (exact) mass is 435 g/mol. The maximum atomic E-state index is 13.3. The van der Waals surface area contributed by atoms with Gasteiger partial charge in [0.1, 0.15) is 5.82 Å². The van der Waals surface area contributed by atoms with Crippen LogP contribution < -0.4 is 10.0 Å². The minimum absolute atomic E-state index is 0.0460. The third-order valence-electron chi connectivity index (χ3n) is 4.02. The number of benzene rings is 2. The molecule has 0 aliphatic rings. The Hall–Kier alpha value is -3.40. The molecule has 3 aromatic rings. The second-order valence-electron chi connectivity index (χ2n) is 6.34. The summed E-state index contributed by atoms with van der Waals surface area (Å²) in [6.07, 6.45) is 2.09. The number of pyridine rings is 1. The minimum Gasteiger partial charge on any atom is -0.348 e. The Morgan fingerprint density at radius 2 is 1.73 bits per heavy atom. The van der Waals surface area contributed by atoms with Gasteiger partial charge in [-0.2, -0.15) is 0 Å². The number of amides is 1. The molecule has 156 valence electrons. The van der Waals surface area contributed by atoms with Crippen molar-refractivity contribution < 1.29 is 26.4 Å². The summed E-state index contributed by atoms with van der Waals surface area (Å²) in [4.78, 5) is 16.1. The summed E-state index contributed by atoms with van der Waals surface area (Å²) in [5, 5.41) is 2.54. The molecule has 0 aliphatic carbocycles. The molecule has 0 aliphatic heterocycles. The second-order valence-corrected chi connectivity index (χ2v) is 8.06. The van der Waals surface area contributed by atoms with Gasteiger partial charge in [0.2, 0.25) is 10.0 Å². The number of carbonyl (C=O) groups is 1. The van der Waals surface area contributed by atoms with Crippen LogP contribution in [0, 0.1) is 17.5 Å². The molecule has 0 unspecified atom stereocenters. The summed E-state index contributed by atoms with van der Waals surface area (Å²) in [5.74, 6) is -3.86. The van der Waals surface area contributed by atoms with Crippen molar-refractivity contribution in [1.82, 2.24) is 10.3 Å². The van der Waals surface area contributed by atoms with Gasteiger partial charge in [-0.3, -0.25) is 14.5 Å². The fourth-order valence-corrected chi connectivity index (χ4v) is 3.89. The molecule has 0 atom stereocenters. The first-order chi connectivity index (χ1) is 14.2. The number of hydrogen-bond acceptors (Lipinski definition) is 4. The third-order valence-corrected chi connectivity index (χ3v) is 5.26. The summed E-state index contributed by atoms with van der Waals surface area (Å²) in [5.41, 5.74) is 0.600. The van der Waals surface area contributed by atoms with Crippen molar-refractivity contribution in [3.8, 4) is 0 Å². The van der Waals surface area contributed by atoms with Crippen LogP contribution >= 0.6 is 0 Å². The van der Waals surface area contributed by atoms with Crippen molar-refractivity contribution >= 4 is 21.6 Å². The van der Waals surface area contributed by atoms with E-state index in [1.54, 1.807) is 12.1 Å². The van der Waals surface area contributed by atoms with E-state index in [1.807, 2.05) is 0 Å². The van der Waals surface area contributed by atoms with Crippen LogP contribution in [0.5, 0.6) is 0 Å². The zero-order valence-electron chi connectivity index (χ0n) is 15.4. The van der Waals surface area contributed by atoms with Gasteiger partial charge in [0.05, 0.1) is 23.8 Å². The molecule has 30 heavy (non-hydrogen) atoms. The molecule has 1 amide bonds. The predicted octanol–water partition coefficient (Wildman–Crippen LogP) is 3.37. The highest BCUT2D eigenvalue weighted by molar-refractivity contribution is 7.91.